The summed E-state index contributed by atoms with van der Waals surface area (Å²) in [5.74, 6) is -0.137. The number of nitro benzene ring substituents is 1. The van der Waals surface area contributed by atoms with E-state index in [0.29, 0.717) is 17.0 Å². The van der Waals surface area contributed by atoms with Crippen LogP contribution in [0.15, 0.2) is 65.8 Å². The molecule has 1 aromatic heterocycles. The number of ether oxygens (including phenoxy) is 1. The maximum Gasteiger partial charge on any atom is 0.288 e. The number of halogens is 1. The normalized spacial score (nSPS) is 11.1. The zero-order valence-electron chi connectivity index (χ0n) is 15.2. The molecule has 0 aliphatic heterocycles. The lowest BCUT2D eigenvalue weighted by molar-refractivity contribution is -0.387. The Labute approximate surface area is 166 Å². The third-order valence-electron chi connectivity index (χ3n) is 3.91. The van der Waals surface area contributed by atoms with Gasteiger partial charge in [-0.3, -0.25) is 15.1 Å². The van der Waals surface area contributed by atoms with Crippen molar-refractivity contribution in [1.82, 2.24) is 4.98 Å². The van der Waals surface area contributed by atoms with E-state index in [-0.39, 0.29) is 17.2 Å². The van der Waals surface area contributed by atoms with Gasteiger partial charge < -0.3 is 10.1 Å². The summed E-state index contributed by atoms with van der Waals surface area (Å²) in [5.41, 5.74) is 0.424. The minimum Gasteiger partial charge on any atom is -0.453 e. The summed E-state index contributed by atoms with van der Waals surface area (Å²) in [5, 5.41) is 14.0. The van der Waals surface area contributed by atoms with Crippen molar-refractivity contribution in [1.29, 1.82) is 0 Å². The lowest BCUT2D eigenvalue weighted by Gasteiger charge is -2.10. The van der Waals surface area contributed by atoms with Crippen LogP contribution < -0.4 is 10.1 Å². The van der Waals surface area contributed by atoms with E-state index in [1.807, 2.05) is 0 Å². The van der Waals surface area contributed by atoms with Crippen LogP contribution in [0, 0.1) is 15.9 Å². The fraction of sp³-hybridized carbons (Fsp3) is 0.105. The molecule has 1 heterocycles. The summed E-state index contributed by atoms with van der Waals surface area (Å²) in [6.07, 6.45) is 3.93. The number of nitrogens with one attached hydrogen (secondary N) is 1. The van der Waals surface area contributed by atoms with Gasteiger partial charge in [-0.25, -0.2) is 12.8 Å². The van der Waals surface area contributed by atoms with Gasteiger partial charge >= 0.3 is 0 Å². The Morgan fingerprint density at radius 1 is 1.21 bits per heavy atom. The maximum absolute atomic E-state index is 14.3. The van der Waals surface area contributed by atoms with Crippen LogP contribution in [0.1, 0.15) is 5.56 Å². The number of nitrogens with zero attached hydrogens (tertiary/aromatic N) is 2. The molecule has 3 aromatic rings. The quantitative estimate of drug-likeness (QED) is 0.458. The highest BCUT2D eigenvalue weighted by atomic mass is 32.2. The molecule has 0 saturated heterocycles. The van der Waals surface area contributed by atoms with Crippen LogP contribution in [-0.4, -0.2) is 24.6 Å². The third kappa shape index (κ3) is 5.05. The van der Waals surface area contributed by atoms with Crippen LogP contribution in [0.25, 0.3) is 0 Å². The molecule has 0 bridgehead atoms. The van der Waals surface area contributed by atoms with E-state index in [2.05, 4.69) is 10.3 Å². The molecule has 3 rings (SSSR count). The number of hydrogen-bond acceptors (Lipinski definition) is 7. The fourth-order valence-corrected chi connectivity index (χ4v) is 3.41. The monoisotopic (exact) mass is 417 g/mol. The van der Waals surface area contributed by atoms with Crippen molar-refractivity contribution in [3.63, 3.8) is 0 Å². The lowest BCUT2D eigenvalue weighted by atomic mass is 10.2. The van der Waals surface area contributed by atoms with Gasteiger partial charge in [-0.2, -0.15) is 0 Å². The second-order valence-electron chi connectivity index (χ2n) is 6.12. The van der Waals surface area contributed by atoms with E-state index in [0.717, 1.165) is 12.3 Å². The van der Waals surface area contributed by atoms with E-state index >= 15 is 0 Å². The second kappa shape index (κ2) is 8.23. The first-order valence-corrected chi connectivity index (χ1v) is 10.2. The molecule has 0 fully saturated rings. The van der Waals surface area contributed by atoms with E-state index in [1.165, 1.54) is 30.5 Å². The molecule has 29 heavy (non-hydrogen) atoms. The van der Waals surface area contributed by atoms with E-state index in [1.54, 1.807) is 24.4 Å². The van der Waals surface area contributed by atoms with E-state index in [4.69, 9.17) is 4.74 Å². The van der Waals surface area contributed by atoms with E-state index < -0.39 is 26.3 Å². The number of pyridine rings is 1. The number of benzene rings is 2. The second-order valence-corrected chi connectivity index (χ2v) is 8.11. The molecule has 150 valence electrons. The summed E-state index contributed by atoms with van der Waals surface area (Å²) >= 11 is 0. The average Bonchev–Trinajstić information content (AvgIpc) is 2.68. The van der Waals surface area contributed by atoms with Gasteiger partial charge in [0.2, 0.25) is 0 Å². The summed E-state index contributed by atoms with van der Waals surface area (Å²) in [7, 11) is -3.79. The van der Waals surface area contributed by atoms with Crippen LogP contribution in [0.4, 0.5) is 15.8 Å². The van der Waals surface area contributed by atoms with E-state index in [9.17, 15) is 22.9 Å². The van der Waals surface area contributed by atoms with Gasteiger partial charge in [0.1, 0.15) is 10.6 Å². The predicted octanol–water partition coefficient (Wildman–Crippen LogP) is 3.94. The summed E-state index contributed by atoms with van der Waals surface area (Å²) in [6, 6.07) is 11.4. The highest BCUT2D eigenvalue weighted by molar-refractivity contribution is 7.90. The standard InChI is InChI=1S/C19H16FN3O5S/c1-29(26,27)19-10-14(5-6-17(19)23(24)25)22-11-13-4-7-18(16(20)9-13)28-15-3-2-8-21-12-15/h2-10,12,22H,11H2,1H3. The van der Waals surface area contributed by atoms with Crippen molar-refractivity contribution in [2.75, 3.05) is 11.6 Å². The molecular formula is C19H16FN3O5S. The largest absolute Gasteiger partial charge is 0.453 e. The molecular weight excluding hydrogens is 401 g/mol. The highest BCUT2D eigenvalue weighted by Crippen LogP contribution is 2.28. The predicted molar refractivity (Wildman–Crippen MR) is 104 cm³/mol. The molecule has 0 unspecified atom stereocenters. The molecule has 2 aromatic carbocycles. The maximum atomic E-state index is 14.3. The van der Waals surface area contributed by atoms with Crippen molar-refractivity contribution in [2.24, 2.45) is 0 Å². The first kappa shape index (κ1) is 20.2. The van der Waals surface area contributed by atoms with Crippen molar-refractivity contribution >= 4 is 21.2 Å². The number of sulfone groups is 1. The van der Waals surface area contributed by atoms with Crippen LogP contribution >= 0.6 is 0 Å². The molecule has 0 amide bonds. The number of anilines is 1. The van der Waals surface area contributed by atoms with Crippen LogP contribution in [-0.2, 0) is 16.4 Å². The number of rotatable bonds is 7. The van der Waals surface area contributed by atoms with Gasteiger partial charge in [-0.15, -0.1) is 0 Å². The fourth-order valence-electron chi connectivity index (χ4n) is 2.55. The highest BCUT2D eigenvalue weighted by Gasteiger charge is 2.22. The molecule has 0 spiro atoms. The summed E-state index contributed by atoms with van der Waals surface area (Å²) in [4.78, 5) is 13.8. The molecule has 0 radical (unpaired) electrons. The molecule has 0 aliphatic carbocycles. The van der Waals surface area contributed by atoms with Crippen molar-refractivity contribution in [3.8, 4) is 11.5 Å². The Morgan fingerprint density at radius 3 is 2.62 bits per heavy atom. The summed E-state index contributed by atoms with van der Waals surface area (Å²) < 4.78 is 43.4. The molecule has 0 saturated carbocycles. The lowest BCUT2D eigenvalue weighted by Crippen LogP contribution is -2.05. The third-order valence-corrected chi connectivity index (χ3v) is 5.04. The number of nitro groups is 1. The molecule has 0 atom stereocenters. The zero-order valence-corrected chi connectivity index (χ0v) is 16.0. The van der Waals surface area contributed by atoms with Gasteiger partial charge in [-0.05, 0) is 42.0 Å². The van der Waals surface area contributed by atoms with Crippen LogP contribution in [0.2, 0.25) is 0 Å². The van der Waals surface area contributed by atoms with Gasteiger partial charge in [-0.1, -0.05) is 6.07 Å². The first-order chi connectivity index (χ1) is 13.7. The van der Waals surface area contributed by atoms with Gasteiger partial charge in [0.15, 0.2) is 21.4 Å². The van der Waals surface area contributed by atoms with Crippen molar-refractivity contribution < 1.29 is 22.5 Å². The van der Waals surface area contributed by atoms with Crippen LogP contribution in [0.3, 0.4) is 0 Å². The topological polar surface area (TPSA) is 111 Å². The minimum atomic E-state index is -3.79. The average molecular weight is 417 g/mol. The Hall–Kier alpha value is -3.53. The Kier molecular flexibility index (Phi) is 5.74. The zero-order chi connectivity index (χ0) is 21.0. The smallest absolute Gasteiger partial charge is 0.288 e. The molecule has 8 nitrogen and oxygen atoms in total. The Morgan fingerprint density at radius 2 is 2.00 bits per heavy atom. The molecule has 10 heteroatoms. The Balaban J connectivity index is 1.75. The Bertz CT molecular complexity index is 1150. The van der Waals surface area contributed by atoms with Crippen molar-refractivity contribution in [2.45, 2.75) is 11.4 Å². The molecule has 1 N–H and O–H groups in total. The van der Waals surface area contributed by atoms with Crippen LogP contribution in [0.5, 0.6) is 11.5 Å². The molecule has 0 aliphatic rings. The number of hydrogen-bond donors (Lipinski definition) is 1. The minimum absolute atomic E-state index is 0.0384. The SMILES string of the molecule is CS(=O)(=O)c1cc(NCc2ccc(Oc3cccnc3)c(F)c2)ccc1[N+](=O)[O-]. The first-order valence-electron chi connectivity index (χ1n) is 8.33. The number of aromatic nitrogens is 1. The van der Waals surface area contributed by atoms with Gasteiger partial charge in [0.05, 0.1) is 11.1 Å². The van der Waals surface area contributed by atoms with Gasteiger partial charge in [0.25, 0.3) is 5.69 Å². The van der Waals surface area contributed by atoms with Gasteiger partial charge in [0, 0.05) is 30.8 Å². The van der Waals surface area contributed by atoms with Crippen molar-refractivity contribution in [3.05, 3.63) is 82.4 Å². The summed E-state index contributed by atoms with van der Waals surface area (Å²) in [6.45, 7) is 0.172.